The van der Waals surface area contributed by atoms with Gasteiger partial charge in [0, 0.05) is 38.0 Å². The van der Waals surface area contributed by atoms with Gasteiger partial charge in [0.2, 0.25) is 11.8 Å². The van der Waals surface area contributed by atoms with E-state index in [9.17, 15) is 13.6 Å². The molecule has 7 heteroatoms. The van der Waals surface area contributed by atoms with Gasteiger partial charge in [0.15, 0.2) is 5.82 Å². The van der Waals surface area contributed by atoms with E-state index in [1.165, 1.54) is 0 Å². The molecule has 3 rings (SSSR count). The van der Waals surface area contributed by atoms with Gasteiger partial charge in [0.1, 0.15) is 0 Å². The smallest absolute Gasteiger partial charge is 0.248 e. The van der Waals surface area contributed by atoms with Gasteiger partial charge in [-0.3, -0.25) is 4.79 Å². The third-order valence-electron chi connectivity index (χ3n) is 5.11. The number of carbonyl (C=O) groups is 1. The molecule has 5 nitrogen and oxygen atoms in total. The maximum Gasteiger partial charge on any atom is 0.248 e. The molecule has 1 aliphatic carbocycles. The summed E-state index contributed by atoms with van der Waals surface area (Å²) in [6, 6.07) is 1.76. The second-order valence-corrected chi connectivity index (χ2v) is 7.46. The van der Waals surface area contributed by atoms with Crippen LogP contribution >= 0.6 is 0 Å². The second-order valence-electron chi connectivity index (χ2n) is 7.46. The lowest BCUT2D eigenvalue weighted by atomic mass is 9.85. The lowest BCUT2D eigenvalue weighted by Gasteiger charge is -2.32. The Morgan fingerprint density at radius 3 is 2.72 bits per heavy atom. The van der Waals surface area contributed by atoms with Crippen molar-refractivity contribution in [3.8, 4) is 0 Å². The van der Waals surface area contributed by atoms with Crippen LogP contribution in [0.25, 0.3) is 0 Å². The van der Waals surface area contributed by atoms with E-state index in [1.807, 2.05) is 30.0 Å². The maximum atomic E-state index is 13.4. The van der Waals surface area contributed by atoms with Gasteiger partial charge < -0.3 is 9.80 Å². The van der Waals surface area contributed by atoms with Crippen molar-refractivity contribution in [2.45, 2.75) is 57.0 Å². The van der Waals surface area contributed by atoms with E-state index in [0.717, 1.165) is 18.5 Å². The standard InChI is InChI=1S/C18H26F2N4O/c1-23(2)12-14-7-10-21-16(22-14)15-4-3-11-24(15)17(25)13-5-8-18(19,20)9-6-13/h7,10,13,15H,3-6,8-9,11-12H2,1-2H3/t15-/m1/s1. The fraction of sp³-hybridized carbons (Fsp3) is 0.722. The molecule has 2 aliphatic rings. The number of rotatable bonds is 4. The Balaban J connectivity index is 1.71. The largest absolute Gasteiger partial charge is 0.332 e. The quantitative estimate of drug-likeness (QED) is 0.836. The van der Waals surface area contributed by atoms with Crippen LogP contribution < -0.4 is 0 Å². The molecule has 1 amide bonds. The molecule has 1 saturated carbocycles. The van der Waals surface area contributed by atoms with Crippen molar-refractivity contribution in [1.29, 1.82) is 0 Å². The summed E-state index contributed by atoms with van der Waals surface area (Å²) in [4.78, 5) is 25.7. The van der Waals surface area contributed by atoms with Crippen LogP contribution in [0.15, 0.2) is 12.3 Å². The summed E-state index contributed by atoms with van der Waals surface area (Å²) < 4.78 is 26.7. The van der Waals surface area contributed by atoms with E-state index >= 15 is 0 Å². The van der Waals surface area contributed by atoms with Gasteiger partial charge in [-0.05, 0) is 45.8 Å². The van der Waals surface area contributed by atoms with E-state index in [4.69, 9.17) is 0 Å². The normalized spacial score (nSPS) is 24.0. The van der Waals surface area contributed by atoms with Crippen molar-refractivity contribution in [3.05, 3.63) is 23.8 Å². The van der Waals surface area contributed by atoms with Gasteiger partial charge in [-0.1, -0.05) is 0 Å². The van der Waals surface area contributed by atoms with Crippen molar-refractivity contribution >= 4 is 5.91 Å². The molecule has 1 aromatic heterocycles. The van der Waals surface area contributed by atoms with Gasteiger partial charge in [-0.15, -0.1) is 0 Å². The minimum atomic E-state index is -2.61. The molecule has 0 unspecified atom stereocenters. The van der Waals surface area contributed by atoms with Crippen LogP contribution in [-0.4, -0.2) is 52.2 Å². The number of hydrogen-bond donors (Lipinski definition) is 0. The summed E-state index contributed by atoms with van der Waals surface area (Å²) >= 11 is 0. The molecular formula is C18H26F2N4O. The average Bonchev–Trinajstić information content (AvgIpc) is 3.03. The van der Waals surface area contributed by atoms with Crippen molar-refractivity contribution in [2.75, 3.05) is 20.6 Å². The lowest BCUT2D eigenvalue weighted by Crippen LogP contribution is -2.39. The second kappa shape index (κ2) is 7.32. The highest BCUT2D eigenvalue weighted by atomic mass is 19.3. The average molecular weight is 352 g/mol. The summed E-state index contributed by atoms with van der Waals surface area (Å²) in [7, 11) is 3.96. The third-order valence-corrected chi connectivity index (χ3v) is 5.11. The molecular weight excluding hydrogens is 326 g/mol. The van der Waals surface area contributed by atoms with E-state index in [-0.39, 0.29) is 43.6 Å². The van der Waals surface area contributed by atoms with Gasteiger partial charge in [0.05, 0.1) is 11.7 Å². The fourth-order valence-corrected chi connectivity index (χ4v) is 3.81. The molecule has 25 heavy (non-hydrogen) atoms. The monoisotopic (exact) mass is 352 g/mol. The fourth-order valence-electron chi connectivity index (χ4n) is 3.81. The van der Waals surface area contributed by atoms with Crippen LogP contribution in [0.1, 0.15) is 56.1 Å². The number of carbonyl (C=O) groups excluding carboxylic acids is 1. The van der Waals surface area contributed by atoms with Crippen LogP contribution in [0.4, 0.5) is 8.78 Å². The summed E-state index contributed by atoms with van der Waals surface area (Å²) in [5.74, 6) is -2.22. The summed E-state index contributed by atoms with van der Waals surface area (Å²) in [6.45, 7) is 1.38. The van der Waals surface area contributed by atoms with Crippen LogP contribution in [0.5, 0.6) is 0 Å². The number of halogens is 2. The third kappa shape index (κ3) is 4.32. The Kier molecular flexibility index (Phi) is 5.32. The van der Waals surface area contributed by atoms with Crippen molar-refractivity contribution in [1.82, 2.24) is 19.8 Å². The van der Waals surface area contributed by atoms with Gasteiger partial charge in [0.25, 0.3) is 0 Å². The van der Waals surface area contributed by atoms with Gasteiger partial charge in [-0.25, -0.2) is 18.7 Å². The number of hydrogen-bond acceptors (Lipinski definition) is 4. The summed E-state index contributed by atoms with van der Waals surface area (Å²) in [6.07, 6.45) is 3.66. The highest BCUT2D eigenvalue weighted by molar-refractivity contribution is 5.79. The van der Waals surface area contributed by atoms with Gasteiger partial charge >= 0.3 is 0 Å². The SMILES string of the molecule is CN(C)Cc1ccnc([C@H]2CCCN2C(=O)C2CCC(F)(F)CC2)n1. The predicted molar refractivity (Wildman–Crippen MR) is 90.0 cm³/mol. The summed E-state index contributed by atoms with van der Waals surface area (Å²) in [5.41, 5.74) is 0.923. The lowest BCUT2D eigenvalue weighted by molar-refractivity contribution is -0.140. The first-order valence-corrected chi connectivity index (χ1v) is 9.00. The number of aromatic nitrogens is 2. The van der Waals surface area contributed by atoms with E-state index < -0.39 is 5.92 Å². The van der Waals surface area contributed by atoms with Crippen LogP contribution in [-0.2, 0) is 11.3 Å². The molecule has 2 heterocycles. The van der Waals surface area contributed by atoms with Crippen molar-refractivity contribution in [2.24, 2.45) is 5.92 Å². The van der Waals surface area contributed by atoms with Crippen molar-refractivity contribution < 1.29 is 13.6 Å². The number of alkyl halides is 2. The number of nitrogens with zero attached hydrogens (tertiary/aromatic N) is 4. The molecule has 0 aromatic carbocycles. The molecule has 0 N–H and O–H groups in total. The van der Waals surface area contributed by atoms with E-state index in [1.54, 1.807) is 6.20 Å². The molecule has 1 atom stereocenters. The zero-order valence-electron chi connectivity index (χ0n) is 14.9. The molecule has 0 bridgehead atoms. The highest BCUT2D eigenvalue weighted by Crippen LogP contribution is 2.39. The zero-order chi connectivity index (χ0) is 18.0. The maximum absolute atomic E-state index is 13.4. The Bertz CT molecular complexity index is 613. The topological polar surface area (TPSA) is 49.3 Å². The molecule has 1 saturated heterocycles. The van der Waals surface area contributed by atoms with Crippen LogP contribution in [0, 0.1) is 5.92 Å². The number of likely N-dealkylation sites (tertiary alicyclic amines) is 1. The van der Waals surface area contributed by atoms with E-state index in [0.29, 0.717) is 18.9 Å². The Morgan fingerprint density at radius 1 is 1.32 bits per heavy atom. The molecule has 2 fully saturated rings. The Hall–Kier alpha value is -1.63. The first kappa shape index (κ1) is 18.2. The van der Waals surface area contributed by atoms with Gasteiger partial charge in [-0.2, -0.15) is 0 Å². The molecule has 0 radical (unpaired) electrons. The Labute approximate surface area is 147 Å². The molecule has 1 aliphatic heterocycles. The Morgan fingerprint density at radius 2 is 2.04 bits per heavy atom. The first-order valence-electron chi connectivity index (χ1n) is 9.00. The minimum absolute atomic E-state index is 0.000359. The first-order chi connectivity index (χ1) is 11.9. The molecule has 1 aromatic rings. The molecule has 0 spiro atoms. The van der Waals surface area contributed by atoms with Crippen molar-refractivity contribution in [3.63, 3.8) is 0 Å². The predicted octanol–water partition coefficient (Wildman–Crippen LogP) is 3.03. The zero-order valence-corrected chi connectivity index (χ0v) is 14.9. The van der Waals surface area contributed by atoms with E-state index in [2.05, 4.69) is 9.97 Å². The summed E-state index contributed by atoms with van der Waals surface area (Å²) in [5, 5.41) is 0. The van der Waals surface area contributed by atoms with Crippen LogP contribution in [0.2, 0.25) is 0 Å². The minimum Gasteiger partial charge on any atom is -0.332 e. The van der Waals surface area contributed by atoms with Crippen LogP contribution in [0.3, 0.4) is 0 Å². The highest BCUT2D eigenvalue weighted by Gasteiger charge is 2.41. The number of amides is 1. The molecule has 138 valence electrons.